The van der Waals surface area contributed by atoms with E-state index < -0.39 is 0 Å². The van der Waals surface area contributed by atoms with E-state index >= 15 is 0 Å². The van der Waals surface area contributed by atoms with E-state index in [1.54, 1.807) is 0 Å². The summed E-state index contributed by atoms with van der Waals surface area (Å²) in [5.41, 5.74) is 8.04. The minimum absolute atomic E-state index is 0.0483. The molecule has 1 aliphatic heterocycles. The van der Waals surface area contributed by atoms with Gasteiger partial charge in [0.15, 0.2) is 5.96 Å². The maximum Gasteiger partial charge on any atom is 0.196 e. The van der Waals surface area contributed by atoms with E-state index in [2.05, 4.69) is 4.99 Å². The largest absolute Gasteiger partial charge is 0.369 e. The van der Waals surface area contributed by atoms with Gasteiger partial charge >= 0.3 is 0 Å². The SMILES string of the molecule is NC1=NCC(c2cccc(Cl)c2)N1c1cccc(Cl)c1. The van der Waals surface area contributed by atoms with E-state index in [1.165, 1.54) is 0 Å². The number of benzene rings is 2. The highest BCUT2D eigenvalue weighted by molar-refractivity contribution is 6.31. The molecule has 1 heterocycles. The molecule has 0 aliphatic carbocycles. The second kappa shape index (κ2) is 5.35. The number of hydrogen-bond acceptors (Lipinski definition) is 3. The second-order valence-electron chi connectivity index (χ2n) is 4.62. The minimum Gasteiger partial charge on any atom is -0.369 e. The summed E-state index contributed by atoms with van der Waals surface area (Å²) in [6.07, 6.45) is 0. The van der Waals surface area contributed by atoms with Gasteiger partial charge in [-0.15, -0.1) is 0 Å². The molecule has 0 fully saturated rings. The first-order valence-electron chi connectivity index (χ1n) is 6.25. The Morgan fingerprint density at radius 2 is 1.75 bits per heavy atom. The Kier molecular flexibility index (Phi) is 3.55. The molecule has 1 aliphatic rings. The van der Waals surface area contributed by atoms with Gasteiger partial charge in [0.2, 0.25) is 0 Å². The van der Waals surface area contributed by atoms with Crippen molar-refractivity contribution in [2.24, 2.45) is 10.7 Å². The minimum atomic E-state index is 0.0483. The summed E-state index contributed by atoms with van der Waals surface area (Å²) >= 11 is 12.1. The van der Waals surface area contributed by atoms with Crippen molar-refractivity contribution in [3.8, 4) is 0 Å². The molecule has 3 nitrogen and oxygen atoms in total. The lowest BCUT2D eigenvalue weighted by atomic mass is 10.1. The summed E-state index contributed by atoms with van der Waals surface area (Å²) in [7, 11) is 0. The van der Waals surface area contributed by atoms with E-state index in [-0.39, 0.29) is 6.04 Å². The van der Waals surface area contributed by atoms with Gasteiger partial charge in [-0.1, -0.05) is 41.4 Å². The van der Waals surface area contributed by atoms with Crippen LogP contribution >= 0.6 is 23.2 Å². The monoisotopic (exact) mass is 305 g/mol. The third kappa shape index (κ3) is 2.47. The molecule has 1 atom stereocenters. The van der Waals surface area contributed by atoms with Crippen molar-refractivity contribution < 1.29 is 0 Å². The topological polar surface area (TPSA) is 41.6 Å². The van der Waals surface area contributed by atoms with Crippen molar-refractivity contribution in [2.75, 3.05) is 11.4 Å². The lowest BCUT2D eigenvalue weighted by Gasteiger charge is -2.27. The summed E-state index contributed by atoms with van der Waals surface area (Å²) in [5, 5.41) is 1.38. The maximum atomic E-state index is 6.07. The molecule has 0 bridgehead atoms. The molecule has 2 aromatic rings. The Bertz CT molecular complexity index is 670. The number of aliphatic imine (C=N–C) groups is 1. The van der Waals surface area contributed by atoms with Gasteiger partial charge in [-0.05, 0) is 35.9 Å². The summed E-state index contributed by atoms with van der Waals surface area (Å²) < 4.78 is 0. The third-order valence-corrected chi connectivity index (χ3v) is 3.77. The summed E-state index contributed by atoms with van der Waals surface area (Å²) in [6.45, 7) is 0.610. The molecule has 0 aromatic heterocycles. The van der Waals surface area contributed by atoms with Crippen molar-refractivity contribution in [1.29, 1.82) is 0 Å². The Balaban J connectivity index is 2.00. The highest BCUT2D eigenvalue weighted by Gasteiger charge is 2.28. The van der Waals surface area contributed by atoms with Crippen molar-refractivity contribution in [1.82, 2.24) is 0 Å². The van der Waals surface area contributed by atoms with Gasteiger partial charge < -0.3 is 10.6 Å². The number of nitrogens with zero attached hydrogens (tertiary/aromatic N) is 2. The van der Waals surface area contributed by atoms with Crippen LogP contribution in [0.1, 0.15) is 11.6 Å². The van der Waals surface area contributed by atoms with Crippen LogP contribution in [0.4, 0.5) is 5.69 Å². The van der Waals surface area contributed by atoms with Crippen LogP contribution < -0.4 is 10.6 Å². The first-order valence-corrected chi connectivity index (χ1v) is 7.01. The van der Waals surface area contributed by atoms with Gasteiger partial charge in [0.05, 0.1) is 12.6 Å². The molecule has 2 aromatic carbocycles. The van der Waals surface area contributed by atoms with Crippen LogP contribution in [0, 0.1) is 0 Å². The van der Waals surface area contributed by atoms with E-state index in [0.717, 1.165) is 11.3 Å². The summed E-state index contributed by atoms with van der Waals surface area (Å²) in [6, 6.07) is 15.4. The predicted molar refractivity (Wildman–Crippen MR) is 84.6 cm³/mol. The second-order valence-corrected chi connectivity index (χ2v) is 5.49. The van der Waals surface area contributed by atoms with Gasteiger partial charge in [0.1, 0.15) is 0 Å². The average molecular weight is 306 g/mol. The number of anilines is 1. The average Bonchev–Trinajstić information content (AvgIpc) is 2.80. The van der Waals surface area contributed by atoms with Gasteiger partial charge in [0.25, 0.3) is 0 Å². The fourth-order valence-corrected chi connectivity index (χ4v) is 2.79. The van der Waals surface area contributed by atoms with Crippen molar-refractivity contribution >= 4 is 34.8 Å². The van der Waals surface area contributed by atoms with Crippen LogP contribution in [-0.2, 0) is 0 Å². The molecule has 0 saturated heterocycles. The zero-order valence-corrected chi connectivity index (χ0v) is 12.1. The number of halogens is 2. The highest BCUT2D eigenvalue weighted by atomic mass is 35.5. The van der Waals surface area contributed by atoms with Crippen molar-refractivity contribution in [2.45, 2.75) is 6.04 Å². The Morgan fingerprint density at radius 1 is 1.05 bits per heavy atom. The molecule has 0 amide bonds. The highest BCUT2D eigenvalue weighted by Crippen LogP contribution is 2.33. The van der Waals surface area contributed by atoms with Crippen LogP contribution in [0.3, 0.4) is 0 Å². The number of hydrogen-bond donors (Lipinski definition) is 1. The zero-order chi connectivity index (χ0) is 14.1. The van der Waals surface area contributed by atoms with Gasteiger partial charge in [-0.25, -0.2) is 0 Å². The molecule has 0 radical (unpaired) electrons. The molecule has 5 heteroatoms. The number of rotatable bonds is 2. The quantitative estimate of drug-likeness (QED) is 0.915. The first kappa shape index (κ1) is 13.3. The molecule has 0 spiro atoms. The molecule has 1 unspecified atom stereocenters. The molecular weight excluding hydrogens is 293 g/mol. The zero-order valence-electron chi connectivity index (χ0n) is 10.6. The molecule has 2 N–H and O–H groups in total. The van der Waals surface area contributed by atoms with Crippen molar-refractivity contribution in [3.05, 3.63) is 64.1 Å². The molecule has 20 heavy (non-hydrogen) atoms. The van der Waals surface area contributed by atoms with Crippen LogP contribution in [-0.4, -0.2) is 12.5 Å². The van der Waals surface area contributed by atoms with Crippen LogP contribution in [0.25, 0.3) is 0 Å². The molecule has 3 rings (SSSR count). The van der Waals surface area contributed by atoms with Crippen LogP contribution in [0.15, 0.2) is 53.5 Å². The lowest BCUT2D eigenvalue weighted by molar-refractivity contribution is 0.769. The first-order chi connectivity index (χ1) is 9.65. The summed E-state index contributed by atoms with van der Waals surface area (Å²) in [4.78, 5) is 6.33. The Hall–Kier alpha value is -1.71. The normalized spacial score (nSPS) is 18.2. The van der Waals surface area contributed by atoms with Crippen LogP contribution in [0.2, 0.25) is 10.0 Å². The van der Waals surface area contributed by atoms with Crippen LogP contribution in [0.5, 0.6) is 0 Å². The fourth-order valence-electron chi connectivity index (χ4n) is 2.40. The van der Waals surface area contributed by atoms with Crippen molar-refractivity contribution in [3.63, 3.8) is 0 Å². The van der Waals surface area contributed by atoms with Gasteiger partial charge in [0, 0.05) is 15.7 Å². The van der Waals surface area contributed by atoms with Gasteiger partial charge in [-0.2, -0.15) is 0 Å². The van der Waals surface area contributed by atoms with E-state index in [4.69, 9.17) is 28.9 Å². The Morgan fingerprint density at radius 3 is 2.45 bits per heavy atom. The van der Waals surface area contributed by atoms with Gasteiger partial charge in [-0.3, -0.25) is 4.99 Å². The third-order valence-electron chi connectivity index (χ3n) is 3.30. The molecular formula is C15H13Cl2N3. The molecule has 0 saturated carbocycles. The van der Waals surface area contributed by atoms with E-state index in [1.807, 2.05) is 53.4 Å². The number of guanidine groups is 1. The Labute approximate surface area is 127 Å². The lowest BCUT2D eigenvalue weighted by Crippen LogP contribution is -2.36. The summed E-state index contributed by atoms with van der Waals surface area (Å²) in [5.74, 6) is 0.497. The van der Waals surface area contributed by atoms with E-state index in [0.29, 0.717) is 22.5 Å². The molecule has 102 valence electrons. The van der Waals surface area contributed by atoms with E-state index in [9.17, 15) is 0 Å². The predicted octanol–water partition coefficient (Wildman–Crippen LogP) is 3.87. The fraction of sp³-hybridized carbons (Fsp3) is 0.133. The smallest absolute Gasteiger partial charge is 0.196 e. The number of nitrogens with two attached hydrogens (primary N) is 1. The maximum absolute atomic E-state index is 6.07. The standard InChI is InChI=1S/C15H13Cl2N3/c16-11-4-1-3-10(7-11)14-9-19-15(18)20(14)13-6-2-5-12(17)8-13/h1-8,14H,9H2,(H2,18,19).